The predicted octanol–water partition coefficient (Wildman–Crippen LogP) is 2.41. The molecule has 4 heteroatoms. The number of halogens is 1. The Morgan fingerprint density at radius 3 is 3.00 bits per heavy atom. The van der Waals surface area contributed by atoms with Crippen molar-refractivity contribution in [1.82, 2.24) is 10.2 Å². The van der Waals surface area contributed by atoms with E-state index in [4.69, 9.17) is 4.74 Å². The maximum atomic E-state index is 13.4. The van der Waals surface area contributed by atoms with Crippen molar-refractivity contribution in [3.05, 3.63) is 29.6 Å². The van der Waals surface area contributed by atoms with Crippen molar-refractivity contribution in [3.8, 4) is 5.75 Å². The molecule has 0 spiro atoms. The maximum Gasteiger partial charge on any atom is 0.123 e. The number of methoxy groups -OCH3 is 1. The van der Waals surface area contributed by atoms with Gasteiger partial charge in [-0.05, 0) is 57.6 Å². The minimum atomic E-state index is -0.202. The number of rotatable bonds is 4. The lowest BCUT2D eigenvalue weighted by molar-refractivity contribution is 0.213. The summed E-state index contributed by atoms with van der Waals surface area (Å²) in [6.45, 7) is 2.90. The normalized spacial score (nSPS) is 20.3. The van der Waals surface area contributed by atoms with Crippen LogP contribution in [0, 0.1) is 5.82 Å². The topological polar surface area (TPSA) is 24.5 Å². The first kappa shape index (κ1) is 14.3. The third-order valence-corrected chi connectivity index (χ3v) is 3.83. The van der Waals surface area contributed by atoms with Gasteiger partial charge >= 0.3 is 0 Å². The van der Waals surface area contributed by atoms with Gasteiger partial charge in [0.1, 0.15) is 11.6 Å². The third-order valence-electron chi connectivity index (χ3n) is 3.83. The summed E-state index contributed by atoms with van der Waals surface area (Å²) in [5.74, 6) is 0.562. The molecule has 0 radical (unpaired) electrons. The molecule has 3 nitrogen and oxygen atoms in total. The van der Waals surface area contributed by atoms with Gasteiger partial charge in [0.2, 0.25) is 0 Å². The molecule has 1 N–H and O–H groups in total. The molecule has 0 amide bonds. The fourth-order valence-corrected chi connectivity index (χ4v) is 2.71. The average Bonchev–Trinajstić information content (AvgIpc) is 2.68. The van der Waals surface area contributed by atoms with Crippen molar-refractivity contribution < 1.29 is 9.13 Å². The highest BCUT2D eigenvalue weighted by Crippen LogP contribution is 2.23. The molecule has 2 rings (SSSR count). The Morgan fingerprint density at radius 1 is 1.37 bits per heavy atom. The molecular weight excluding hydrogens is 243 g/mol. The van der Waals surface area contributed by atoms with E-state index >= 15 is 0 Å². The lowest BCUT2D eigenvalue weighted by atomic mass is 10.1. The first-order chi connectivity index (χ1) is 9.20. The molecule has 1 atom stereocenters. The van der Waals surface area contributed by atoms with Crippen molar-refractivity contribution in [3.63, 3.8) is 0 Å². The Hall–Kier alpha value is -1.13. The SMILES string of the molecule is COc1ccc(F)cc1CN(C)C1CCCNCC1. The van der Waals surface area contributed by atoms with Gasteiger partial charge in [-0.2, -0.15) is 0 Å². The molecule has 1 fully saturated rings. The summed E-state index contributed by atoms with van der Waals surface area (Å²) in [6.07, 6.45) is 3.55. The first-order valence-electron chi connectivity index (χ1n) is 6.94. The predicted molar refractivity (Wildman–Crippen MR) is 74.9 cm³/mol. The Balaban J connectivity index is 2.04. The summed E-state index contributed by atoms with van der Waals surface area (Å²) < 4.78 is 18.7. The van der Waals surface area contributed by atoms with E-state index in [9.17, 15) is 4.39 Å². The second-order valence-corrected chi connectivity index (χ2v) is 5.21. The second-order valence-electron chi connectivity index (χ2n) is 5.21. The highest BCUT2D eigenvalue weighted by atomic mass is 19.1. The number of hydrogen-bond donors (Lipinski definition) is 1. The van der Waals surface area contributed by atoms with Gasteiger partial charge in [-0.25, -0.2) is 4.39 Å². The van der Waals surface area contributed by atoms with Crippen LogP contribution in [0.2, 0.25) is 0 Å². The molecule has 1 aliphatic rings. The smallest absolute Gasteiger partial charge is 0.123 e. The van der Waals surface area contributed by atoms with Crippen LogP contribution in [0.5, 0.6) is 5.75 Å². The minimum Gasteiger partial charge on any atom is -0.496 e. The average molecular weight is 266 g/mol. The van der Waals surface area contributed by atoms with Gasteiger partial charge in [0, 0.05) is 18.2 Å². The molecule has 1 heterocycles. The van der Waals surface area contributed by atoms with E-state index in [2.05, 4.69) is 17.3 Å². The minimum absolute atomic E-state index is 0.202. The van der Waals surface area contributed by atoms with Crippen LogP contribution in [0.15, 0.2) is 18.2 Å². The molecule has 1 aliphatic heterocycles. The molecule has 106 valence electrons. The first-order valence-corrected chi connectivity index (χ1v) is 6.94. The summed E-state index contributed by atoms with van der Waals surface area (Å²) in [4.78, 5) is 2.31. The van der Waals surface area contributed by atoms with Crippen molar-refractivity contribution >= 4 is 0 Å². The maximum absolute atomic E-state index is 13.4. The highest BCUT2D eigenvalue weighted by molar-refractivity contribution is 5.33. The van der Waals surface area contributed by atoms with Gasteiger partial charge in [-0.15, -0.1) is 0 Å². The quantitative estimate of drug-likeness (QED) is 0.905. The molecule has 0 aliphatic carbocycles. The second kappa shape index (κ2) is 6.87. The number of hydrogen-bond acceptors (Lipinski definition) is 3. The molecular formula is C15H23FN2O. The fraction of sp³-hybridized carbons (Fsp3) is 0.600. The summed E-state index contributed by atoms with van der Waals surface area (Å²) in [5, 5.41) is 3.42. The zero-order chi connectivity index (χ0) is 13.7. The number of benzene rings is 1. The zero-order valence-corrected chi connectivity index (χ0v) is 11.8. The molecule has 19 heavy (non-hydrogen) atoms. The number of nitrogens with one attached hydrogen (secondary N) is 1. The highest BCUT2D eigenvalue weighted by Gasteiger charge is 2.18. The third kappa shape index (κ3) is 3.91. The van der Waals surface area contributed by atoms with Gasteiger partial charge in [0.15, 0.2) is 0 Å². The Bertz CT molecular complexity index is 403. The van der Waals surface area contributed by atoms with Crippen LogP contribution >= 0.6 is 0 Å². The Morgan fingerprint density at radius 2 is 2.21 bits per heavy atom. The molecule has 0 bridgehead atoms. The summed E-state index contributed by atoms with van der Waals surface area (Å²) in [6, 6.07) is 5.28. The molecule has 1 saturated heterocycles. The van der Waals surface area contributed by atoms with Crippen molar-refractivity contribution in [2.45, 2.75) is 31.8 Å². The van der Waals surface area contributed by atoms with E-state index in [1.807, 2.05) is 0 Å². The lowest BCUT2D eigenvalue weighted by Gasteiger charge is -2.27. The molecule has 1 unspecified atom stereocenters. The van der Waals surface area contributed by atoms with Gasteiger partial charge in [0.25, 0.3) is 0 Å². The van der Waals surface area contributed by atoms with Crippen molar-refractivity contribution in [2.24, 2.45) is 0 Å². The summed E-state index contributed by atoms with van der Waals surface area (Å²) in [5.41, 5.74) is 0.919. The number of ether oxygens (including phenoxy) is 1. The van der Waals surface area contributed by atoms with E-state index in [-0.39, 0.29) is 5.82 Å². The van der Waals surface area contributed by atoms with Gasteiger partial charge in [-0.1, -0.05) is 0 Å². The van der Waals surface area contributed by atoms with Crippen LogP contribution in [0.4, 0.5) is 4.39 Å². The van der Waals surface area contributed by atoms with Crippen LogP contribution in [0.3, 0.4) is 0 Å². The largest absolute Gasteiger partial charge is 0.496 e. The summed E-state index contributed by atoms with van der Waals surface area (Å²) >= 11 is 0. The lowest BCUT2D eigenvalue weighted by Crippen LogP contribution is -2.32. The van der Waals surface area contributed by atoms with E-state index < -0.39 is 0 Å². The van der Waals surface area contributed by atoms with Gasteiger partial charge < -0.3 is 10.1 Å². The van der Waals surface area contributed by atoms with E-state index in [0.717, 1.165) is 37.4 Å². The molecule has 1 aromatic carbocycles. The standard InChI is InChI=1S/C15H23FN2O/c1-18(14-4-3-8-17-9-7-14)11-12-10-13(16)5-6-15(12)19-2/h5-6,10,14,17H,3-4,7-9,11H2,1-2H3. The summed E-state index contributed by atoms with van der Waals surface area (Å²) in [7, 11) is 3.74. The van der Waals surface area contributed by atoms with E-state index in [0.29, 0.717) is 6.04 Å². The van der Waals surface area contributed by atoms with E-state index in [1.54, 1.807) is 19.2 Å². The number of nitrogens with zero attached hydrogens (tertiary/aromatic N) is 1. The Labute approximate surface area is 114 Å². The van der Waals surface area contributed by atoms with E-state index in [1.165, 1.54) is 18.9 Å². The van der Waals surface area contributed by atoms with Gasteiger partial charge in [0.05, 0.1) is 7.11 Å². The van der Waals surface area contributed by atoms with Crippen LogP contribution in [0.25, 0.3) is 0 Å². The molecule has 1 aromatic rings. The van der Waals surface area contributed by atoms with Gasteiger partial charge in [-0.3, -0.25) is 4.90 Å². The zero-order valence-electron chi connectivity index (χ0n) is 11.8. The van der Waals surface area contributed by atoms with Crippen LogP contribution in [-0.2, 0) is 6.54 Å². The van der Waals surface area contributed by atoms with Crippen LogP contribution in [-0.4, -0.2) is 38.2 Å². The molecule has 0 saturated carbocycles. The van der Waals surface area contributed by atoms with Crippen molar-refractivity contribution in [2.75, 3.05) is 27.2 Å². The monoisotopic (exact) mass is 266 g/mol. The van der Waals surface area contributed by atoms with Crippen LogP contribution < -0.4 is 10.1 Å². The fourth-order valence-electron chi connectivity index (χ4n) is 2.71. The molecule has 0 aromatic heterocycles. The van der Waals surface area contributed by atoms with Crippen LogP contribution in [0.1, 0.15) is 24.8 Å². The Kier molecular flexibility index (Phi) is 5.16. The van der Waals surface area contributed by atoms with Crippen molar-refractivity contribution in [1.29, 1.82) is 0 Å².